The van der Waals surface area contributed by atoms with Crippen LogP contribution < -0.4 is 9.47 Å². The molecule has 0 saturated heterocycles. The predicted molar refractivity (Wildman–Crippen MR) is 135 cm³/mol. The fraction of sp³-hybridized carbons (Fsp3) is 0.0323. The molecule has 0 radical (unpaired) electrons. The van der Waals surface area contributed by atoms with E-state index in [1.807, 2.05) is 24.3 Å². The summed E-state index contributed by atoms with van der Waals surface area (Å²) in [6.07, 6.45) is 0. The van der Waals surface area contributed by atoms with Crippen LogP contribution in [0.3, 0.4) is 0 Å². The lowest BCUT2D eigenvalue weighted by atomic mass is 9.68. The maximum absolute atomic E-state index is 6.52. The first-order valence-corrected chi connectivity index (χ1v) is 11.7. The third-order valence-corrected chi connectivity index (χ3v) is 7.19. The standard InChI is InChI=1S/C31H19ClO2/c32-25-16-9-17-26-29(25)34-30-27(33-26)19-18-24-28(30)22-14-7-8-15-23(22)31(24,20-10-3-1-4-11-20)21-12-5-2-6-13-21/h1-19H. The Morgan fingerprint density at radius 3 is 1.88 bits per heavy atom. The van der Waals surface area contributed by atoms with Gasteiger partial charge in [-0.2, -0.15) is 0 Å². The molecule has 0 N–H and O–H groups in total. The van der Waals surface area contributed by atoms with Crippen molar-refractivity contribution in [2.75, 3.05) is 0 Å². The van der Waals surface area contributed by atoms with Crippen LogP contribution >= 0.6 is 11.6 Å². The van der Waals surface area contributed by atoms with Gasteiger partial charge in [-0.1, -0.05) is 109 Å². The maximum atomic E-state index is 6.52. The van der Waals surface area contributed by atoms with Crippen LogP contribution in [0.2, 0.25) is 5.02 Å². The number of hydrogen-bond donors (Lipinski definition) is 0. The second-order valence-electron chi connectivity index (χ2n) is 8.61. The lowest BCUT2D eigenvalue weighted by Gasteiger charge is -2.34. The second kappa shape index (κ2) is 7.24. The van der Waals surface area contributed by atoms with Crippen molar-refractivity contribution in [1.82, 2.24) is 0 Å². The van der Waals surface area contributed by atoms with Gasteiger partial charge in [-0.3, -0.25) is 0 Å². The molecule has 1 aliphatic heterocycles. The molecule has 3 heteroatoms. The highest BCUT2D eigenvalue weighted by molar-refractivity contribution is 6.32. The molecule has 0 atom stereocenters. The molecule has 1 aliphatic carbocycles. The van der Waals surface area contributed by atoms with Crippen molar-refractivity contribution in [3.05, 3.63) is 143 Å². The van der Waals surface area contributed by atoms with E-state index < -0.39 is 5.41 Å². The van der Waals surface area contributed by atoms with Gasteiger partial charge in [0, 0.05) is 5.56 Å². The van der Waals surface area contributed by atoms with Crippen molar-refractivity contribution in [2.45, 2.75) is 5.41 Å². The van der Waals surface area contributed by atoms with E-state index in [4.69, 9.17) is 21.1 Å². The van der Waals surface area contributed by atoms with E-state index in [1.54, 1.807) is 0 Å². The van der Waals surface area contributed by atoms with Crippen LogP contribution in [0.4, 0.5) is 0 Å². The molecule has 34 heavy (non-hydrogen) atoms. The molecule has 0 spiro atoms. The van der Waals surface area contributed by atoms with Crippen LogP contribution in [0, 0.1) is 0 Å². The molecular formula is C31H19ClO2. The number of ether oxygens (including phenoxy) is 2. The van der Waals surface area contributed by atoms with Gasteiger partial charge < -0.3 is 9.47 Å². The third kappa shape index (κ3) is 2.52. The van der Waals surface area contributed by atoms with Crippen molar-refractivity contribution in [3.8, 4) is 34.1 Å². The van der Waals surface area contributed by atoms with Gasteiger partial charge in [0.25, 0.3) is 0 Å². The minimum Gasteiger partial charge on any atom is -0.449 e. The zero-order valence-electron chi connectivity index (χ0n) is 18.2. The van der Waals surface area contributed by atoms with E-state index in [0.29, 0.717) is 28.0 Å². The van der Waals surface area contributed by atoms with E-state index in [-0.39, 0.29) is 0 Å². The highest BCUT2D eigenvalue weighted by Crippen LogP contribution is 2.62. The first-order chi connectivity index (χ1) is 16.8. The van der Waals surface area contributed by atoms with Gasteiger partial charge in [0.2, 0.25) is 0 Å². The largest absolute Gasteiger partial charge is 0.449 e. The van der Waals surface area contributed by atoms with Crippen LogP contribution in [0.1, 0.15) is 22.3 Å². The van der Waals surface area contributed by atoms with E-state index in [1.165, 1.54) is 22.3 Å². The third-order valence-electron chi connectivity index (χ3n) is 6.89. The van der Waals surface area contributed by atoms with Gasteiger partial charge in [-0.05, 0) is 46.0 Å². The zero-order valence-corrected chi connectivity index (χ0v) is 18.9. The molecule has 0 aromatic heterocycles. The highest BCUT2D eigenvalue weighted by atomic mass is 35.5. The average Bonchev–Trinajstić information content (AvgIpc) is 3.21. The minimum absolute atomic E-state index is 0.479. The van der Waals surface area contributed by atoms with Crippen LogP contribution in [-0.2, 0) is 5.41 Å². The Kier molecular flexibility index (Phi) is 4.15. The Morgan fingerprint density at radius 2 is 1.15 bits per heavy atom. The van der Waals surface area contributed by atoms with Crippen LogP contribution in [-0.4, -0.2) is 0 Å². The highest BCUT2D eigenvalue weighted by Gasteiger charge is 2.48. The van der Waals surface area contributed by atoms with E-state index in [0.717, 1.165) is 11.1 Å². The van der Waals surface area contributed by atoms with Crippen molar-refractivity contribution in [1.29, 1.82) is 0 Å². The summed E-state index contributed by atoms with van der Waals surface area (Å²) in [6, 6.07) is 39.8. The molecular weight excluding hydrogens is 440 g/mol. The Labute approximate surface area is 203 Å². The van der Waals surface area contributed by atoms with E-state index >= 15 is 0 Å². The molecule has 0 amide bonds. The topological polar surface area (TPSA) is 18.5 Å². The van der Waals surface area contributed by atoms with Crippen molar-refractivity contribution in [2.24, 2.45) is 0 Å². The lowest BCUT2D eigenvalue weighted by Crippen LogP contribution is -2.28. The summed E-state index contributed by atoms with van der Waals surface area (Å²) in [5, 5.41) is 0.532. The van der Waals surface area contributed by atoms with Crippen molar-refractivity contribution in [3.63, 3.8) is 0 Å². The Morgan fingerprint density at radius 1 is 0.500 bits per heavy atom. The summed E-state index contributed by atoms with van der Waals surface area (Å²) in [5.74, 6) is 2.59. The number of para-hydroxylation sites is 1. The van der Waals surface area contributed by atoms with Gasteiger partial charge in [0.05, 0.1) is 10.4 Å². The fourth-order valence-electron chi connectivity index (χ4n) is 5.55. The molecule has 7 rings (SSSR count). The Hall–Kier alpha value is -4.01. The van der Waals surface area contributed by atoms with E-state index in [9.17, 15) is 0 Å². The molecule has 162 valence electrons. The molecule has 2 nitrogen and oxygen atoms in total. The number of rotatable bonds is 2. The number of halogens is 1. The number of benzene rings is 5. The fourth-order valence-corrected chi connectivity index (χ4v) is 5.76. The monoisotopic (exact) mass is 458 g/mol. The lowest BCUT2D eigenvalue weighted by molar-refractivity contribution is 0.360. The first-order valence-electron chi connectivity index (χ1n) is 11.3. The first kappa shape index (κ1) is 19.5. The summed E-state index contributed by atoms with van der Waals surface area (Å²) in [5.41, 5.74) is 6.53. The molecule has 1 heterocycles. The molecule has 0 fully saturated rings. The summed E-state index contributed by atoms with van der Waals surface area (Å²) in [6.45, 7) is 0. The van der Waals surface area contributed by atoms with Gasteiger partial charge in [-0.25, -0.2) is 0 Å². The maximum Gasteiger partial charge on any atom is 0.188 e. The molecule has 5 aromatic rings. The van der Waals surface area contributed by atoms with Gasteiger partial charge >= 0.3 is 0 Å². The molecule has 0 saturated carbocycles. The zero-order chi connectivity index (χ0) is 22.7. The quantitative estimate of drug-likeness (QED) is 0.258. The summed E-state index contributed by atoms with van der Waals surface area (Å²) >= 11 is 6.50. The predicted octanol–water partition coefficient (Wildman–Crippen LogP) is 8.60. The summed E-state index contributed by atoms with van der Waals surface area (Å²) < 4.78 is 12.8. The number of hydrogen-bond acceptors (Lipinski definition) is 2. The summed E-state index contributed by atoms with van der Waals surface area (Å²) in [7, 11) is 0. The van der Waals surface area contributed by atoms with Crippen molar-refractivity contribution >= 4 is 11.6 Å². The van der Waals surface area contributed by atoms with Crippen LogP contribution in [0.15, 0.2) is 115 Å². The summed E-state index contributed by atoms with van der Waals surface area (Å²) in [4.78, 5) is 0. The van der Waals surface area contributed by atoms with Gasteiger partial charge in [-0.15, -0.1) is 0 Å². The smallest absolute Gasteiger partial charge is 0.188 e. The van der Waals surface area contributed by atoms with Crippen LogP contribution in [0.5, 0.6) is 23.0 Å². The van der Waals surface area contributed by atoms with Gasteiger partial charge in [0.15, 0.2) is 23.0 Å². The van der Waals surface area contributed by atoms with Gasteiger partial charge in [0.1, 0.15) is 0 Å². The van der Waals surface area contributed by atoms with Crippen molar-refractivity contribution < 1.29 is 9.47 Å². The Balaban J connectivity index is 1.59. The average molecular weight is 459 g/mol. The molecule has 0 bridgehead atoms. The Bertz CT molecular complexity index is 1520. The molecule has 5 aromatic carbocycles. The van der Waals surface area contributed by atoms with E-state index in [2.05, 4.69) is 91.0 Å². The minimum atomic E-state index is -0.479. The SMILES string of the molecule is Clc1cccc2c1Oc1c(ccc3c1-c1ccccc1C3(c1ccccc1)c1ccccc1)O2. The molecule has 0 unspecified atom stereocenters. The second-order valence-corrected chi connectivity index (χ2v) is 9.02. The normalized spacial score (nSPS) is 14.1. The molecule has 2 aliphatic rings. The van der Waals surface area contributed by atoms with Crippen LogP contribution in [0.25, 0.3) is 11.1 Å². The number of fused-ring (bicyclic) bond motifs is 6.